The summed E-state index contributed by atoms with van der Waals surface area (Å²) >= 11 is 0. The maximum absolute atomic E-state index is 12.4. The topological polar surface area (TPSA) is 92.4 Å². The van der Waals surface area contributed by atoms with E-state index in [0.29, 0.717) is 0 Å². The first-order chi connectivity index (χ1) is 10.2. The Balaban J connectivity index is 2.82. The number of carbonyl (C=O) groups is 2. The average Bonchev–Trinajstić information content (AvgIpc) is 2.45. The molecule has 8 heteroatoms. The van der Waals surface area contributed by atoms with E-state index < -0.39 is 35.7 Å². The van der Waals surface area contributed by atoms with Crippen LogP contribution in [0.4, 0.5) is 13.2 Å². The Hall–Kier alpha value is -2.35. The van der Waals surface area contributed by atoms with Gasteiger partial charge in [-0.15, -0.1) is 6.58 Å². The summed E-state index contributed by atoms with van der Waals surface area (Å²) in [6, 6.07) is 2.43. The number of aliphatic hydroxyl groups excluding tert-OH is 1. The average molecular weight is 316 g/mol. The fraction of sp³-hybridized carbons (Fsp3) is 0.286. The summed E-state index contributed by atoms with van der Waals surface area (Å²) < 4.78 is 37.3. The Morgan fingerprint density at radius 2 is 1.86 bits per heavy atom. The number of primary amides is 1. The third-order valence-electron chi connectivity index (χ3n) is 2.86. The Labute approximate surface area is 124 Å². The van der Waals surface area contributed by atoms with Crippen LogP contribution < -0.4 is 11.1 Å². The zero-order valence-corrected chi connectivity index (χ0v) is 11.4. The first-order valence-electron chi connectivity index (χ1n) is 6.22. The first kappa shape index (κ1) is 17.7. The van der Waals surface area contributed by atoms with Crippen LogP contribution in [0.3, 0.4) is 0 Å². The quantitative estimate of drug-likeness (QED) is 0.690. The Morgan fingerprint density at radius 1 is 1.32 bits per heavy atom. The van der Waals surface area contributed by atoms with Crippen LogP contribution in [0.2, 0.25) is 0 Å². The highest BCUT2D eigenvalue weighted by molar-refractivity contribution is 5.89. The molecule has 0 aliphatic rings. The number of carbonyl (C=O) groups excluding carboxylic acids is 2. The predicted octanol–water partition coefficient (Wildman–Crippen LogP) is 1.28. The zero-order chi connectivity index (χ0) is 16.9. The predicted molar refractivity (Wildman–Crippen MR) is 72.3 cm³/mol. The van der Waals surface area contributed by atoms with Crippen molar-refractivity contribution in [2.24, 2.45) is 5.73 Å². The van der Waals surface area contributed by atoms with Gasteiger partial charge >= 0.3 is 6.18 Å². The van der Waals surface area contributed by atoms with Gasteiger partial charge in [0.1, 0.15) is 6.04 Å². The van der Waals surface area contributed by atoms with Crippen LogP contribution in [0.1, 0.15) is 23.7 Å². The molecule has 0 saturated heterocycles. The summed E-state index contributed by atoms with van der Waals surface area (Å²) in [5, 5.41) is 12.0. The summed E-state index contributed by atoms with van der Waals surface area (Å²) in [5.74, 6) is -1.75. The van der Waals surface area contributed by atoms with Crippen molar-refractivity contribution in [3.8, 4) is 0 Å². The molecule has 0 radical (unpaired) electrons. The second-order valence-electron chi connectivity index (χ2n) is 4.51. The third-order valence-corrected chi connectivity index (χ3v) is 2.86. The summed E-state index contributed by atoms with van der Waals surface area (Å²) in [7, 11) is 0. The van der Waals surface area contributed by atoms with E-state index in [2.05, 4.69) is 11.9 Å². The second kappa shape index (κ2) is 7.08. The lowest BCUT2D eigenvalue weighted by molar-refractivity contribution is -0.137. The number of alkyl halides is 3. The van der Waals surface area contributed by atoms with Gasteiger partial charge in [-0.2, -0.15) is 13.2 Å². The molecule has 0 unspecified atom stereocenters. The molecule has 22 heavy (non-hydrogen) atoms. The van der Waals surface area contributed by atoms with Crippen molar-refractivity contribution in [2.75, 3.05) is 0 Å². The first-order valence-corrected chi connectivity index (χ1v) is 6.22. The number of aliphatic hydroxyl groups is 1. The van der Waals surface area contributed by atoms with Crippen molar-refractivity contribution >= 4 is 11.8 Å². The van der Waals surface area contributed by atoms with Crippen molar-refractivity contribution in [3.05, 3.63) is 48.0 Å². The van der Waals surface area contributed by atoms with Gasteiger partial charge in [0.15, 0.2) is 6.10 Å². The maximum Gasteiger partial charge on any atom is 0.416 e. The molecule has 0 bridgehead atoms. The standard InChI is InChI=1S/C14H15F3N2O3/c1-2-3-10(12(18)21)19-13(22)11(20)8-4-6-9(7-5-8)14(15,16)17/h2,4-7,10-11,20H,1,3H2,(H2,18,21)(H,19,22)/t10-,11-/m1/s1. The van der Waals surface area contributed by atoms with Gasteiger partial charge in [-0.05, 0) is 24.1 Å². The molecular formula is C14H15F3N2O3. The van der Waals surface area contributed by atoms with E-state index in [1.807, 2.05) is 0 Å². The highest BCUT2D eigenvalue weighted by Crippen LogP contribution is 2.29. The molecule has 0 aliphatic carbocycles. The minimum atomic E-state index is -4.51. The van der Waals surface area contributed by atoms with Crippen molar-refractivity contribution in [2.45, 2.75) is 24.7 Å². The molecule has 0 aromatic heterocycles. The molecule has 5 nitrogen and oxygen atoms in total. The second-order valence-corrected chi connectivity index (χ2v) is 4.51. The number of hydrogen-bond donors (Lipinski definition) is 3. The molecule has 0 heterocycles. The van der Waals surface area contributed by atoms with Crippen LogP contribution in [0.15, 0.2) is 36.9 Å². The van der Waals surface area contributed by atoms with E-state index in [0.717, 1.165) is 24.3 Å². The molecule has 0 spiro atoms. The van der Waals surface area contributed by atoms with Gasteiger partial charge in [-0.3, -0.25) is 9.59 Å². The van der Waals surface area contributed by atoms with Gasteiger partial charge in [-0.1, -0.05) is 18.2 Å². The normalized spacial score (nSPS) is 14.0. The van der Waals surface area contributed by atoms with Gasteiger partial charge in [0.05, 0.1) is 5.56 Å². The third kappa shape index (κ3) is 4.59. The number of rotatable bonds is 6. The molecule has 0 fully saturated rings. The molecule has 4 N–H and O–H groups in total. The number of hydrogen-bond acceptors (Lipinski definition) is 3. The summed E-state index contributed by atoms with van der Waals surface area (Å²) in [5.41, 5.74) is 4.14. The molecule has 2 amide bonds. The number of benzene rings is 1. The van der Waals surface area contributed by atoms with Crippen molar-refractivity contribution in [1.29, 1.82) is 0 Å². The van der Waals surface area contributed by atoms with Crippen molar-refractivity contribution in [3.63, 3.8) is 0 Å². The molecule has 1 rings (SSSR count). The fourth-order valence-corrected chi connectivity index (χ4v) is 1.67. The van der Waals surface area contributed by atoms with Crippen LogP contribution in [0.25, 0.3) is 0 Å². The van der Waals surface area contributed by atoms with E-state index >= 15 is 0 Å². The minimum Gasteiger partial charge on any atom is -0.378 e. The lowest BCUT2D eigenvalue weighted by Gasteiger charge is -2.17. The Kier molecular flexibility index (Phi) is 5.69. The summed E-state index contributed by atoms with van der Waals surface area (Å²) in [4.78, 5) is 22.9. The van der Waals surface area contributed by atoms with Crippen LogP contribution >= 0.6 is 0 Å². The van der Waals surface area contributed by atoms with Crippen LogP contribution in [0.5, 0.6) is 0 Å². The van der Waals surface area contributed by atoms with E-state index in [1.165, 1.54) is 6.08 Å². The van der Waals surface area contributed by atoms with E-state index in [-0.39, 0.29) is 12.0 Å². The van der Waals surface area contributed by atoms with Gasteiger partial charge < -0.3 is 16.2 Å². The van der Waals surface area contributed by atoms with Crippen molar-refractivity contribution < 1.29 is 27.9 Å². The lowest BCUT2D eigenvalue weighted by Crippen LogP contribution is -2.45. The SMILES string of the molecule is C=CC[C@@H](NC(=O)[C@H](O)c1ccc(C(F)(F)F)cc1)C(N)=O. The molecule has 1 aromatic rings. The molecule has 0 saturated carbocycles. The highest BCUT2D eigenvalue weighted by atomic mass is 19.4. The Bertz CT molecular complexity index is 555. The monoisotopic (exact) mass is 316 g/mol. The van der Waals surface area contributed by atoms with E-state index in [1.54, 1.807) is 0 Å². The zero-order valence-electron chi connectivity index (χ0n) is 11.4. The lowest BCUT2D eigenvalue weighted by atomic mass is 10.1. The number of amides is 2. The van der Waals surface area contributed by atoms with Crippen LogP contribution in [0, 0.1) is 0 Å². The minimum absolute atomic E-state index is 0.0349. The van der Waals surface area contributed by atoms with Gasteiger partial charge in [0.25, 0.3) is 5.91 Å². The van der Waals surface area contributed by atoms with Gasteiger partial charge in [0.2, 0.25) is 5.91 Å². The van der Waals surface area contributed by atoms with Crippen LogP contribution in [-0.2, 0) is 15.8 Å². The molecule has 0 aliphatic heterocycles. The fourth-order valence-electron chi connectivity index (χ4n) is 1.67. The molecular weight excluding hydrogens is 301 g/mol. The molecule has 120 valence electrons. The number of halogens is 3. The Morgan fingerprint density at radius 3 is 2.27 bits per heavy atom. The van der Waals surface area contributed by atoms with Crippen LogP contribution in [-0.4, -0.2) is 23.0 Å². The van der Waals surface area contributed by atoms with Gasteiger partial charge in [0, 0.05) is 0 Å². The van der Waals surface area contributed by atoms with Crippen molar-refractivity contribution in [1.82, 2.24) is 5.32 Å². The highest BCUT2D eigenvalue weighted by Gasteiger charge is 2.30. The summed E-state index contributed by atoms with van der Waals surface area (Å²) in [6.45, 7) is 3.40. The largest absolute Gasteiger partial charge is 0.416 e. The van der Waals surface area contributed by atoms with Gasteiger partial charge in [-0.25, -0.2) is 0 Å². The van der Waals surface area contributed by atoms with E-state index in [9.17, 15) is 27.9 Å². The summed E-state index contributed by atoms with van der Waals surface area (Å²) in [6.07, 6.45) is -4.79. The number of nitrogens with two attached hydrogens (primary N) is 1. The molecule has 1 aromatic carbocycles. The number of nitrogens with one attached hydrogen (secondary N) is 1. The van der Waals surface area contributed by atoms with E-state index in [4.69, 9.17) is 5.73 Å². The molecule has 2 atom stereocenters. The smallest absolute Gasteiger partial charge is 0.378 e. The maximum atomic E-state index is 12.4.